The summed E-state index contributed by atoms with van der Waals surface area (Å²) in [5.41, 5.74) is 0.182. The lowest BCUT2D eigenvalue weighted by Gasteiger charge is -2.13. The van der Waals surface area contributed by atoms with E-state index < -0.39 is 22.9 Å². The molecule has 0 saturated carbocycles. The molecule has 0 aliphatic heterocycles. The Bertz CT molecular complexity index is 484. The molecular weight excluding hydrogens is 256 g/mol. The van der Waals surface area contributed by atoms with Crippen LogP contribution >= 0.6 is 0 Å². The lowest BCUT2D eigenvalue weighted by atomic mass is 10.1. The Morgan fingerprint density at radius 2 is 1.84 bits per heavy atom. The Morgan fingerprint density at radius 3 is 2.26 bits per heavy atom. The van der Waals surface area contributed by atoms with Crippen molar-refractivity contribution >= 4 is 17.6 Å². The van der Waals surface area contributed by atoms with Crippen LogP contribution in [0.2, 0.25) is 0 Å². The molecule has 8 heteroatoms. The average molecular weight is 268 g/mol. The minimum atomic E-state index is -1.18. The maximum atomic E-state index is 11.1. The van der Waals surface area contributed by atoms with E-state index in [1.807, 2.05) is 0 Å². The highest BCUT2D eigenvalue weighted by Gasteiger charge is 2.20. The highest BCUT2D eigenvalue weighted by Crippen LogP contribution is 2.18. The molecule has 0 aromatic heterocycles. The van der Waals surface area contributed by atoms with E-state index in [2.05, 4.69) is 5.32 Å². The molecule has 0 heterocycles. The SMILES string of the molecule is O=C(O)CCNC(C(=O)O)c1ccc([N+](=O)[O-])cc1. The number of benzene rings is 1. The molecule has 0 saturated heterocycles. The van der Waals surface area contributed by atoms with E-state index in [0.29, 0.717) is 5.56 Å². The number of nitro benzene ring substituents is 1. The summed E-state index contributed by atoms with van der Waals surface area (Å²) in [7, 11) is 0. The molecule has 1 rings (SSSR count). The van der Waals surface area contributed by atoms with Gasteiger partial charge in [-0.25, -0.2) is 0 Å². The molecular formula is C11H12N2O6. The first-order valence-corrected chi connectivity index (χ1v) is 5.34. The van der Waals surface area contributed by atoms with Crippen LogP contribution in [0.1, 0.15) is 18.0 Å². The summed E-state index contributed by atoms with van der Waals surface area (Å²) in [6.45, 7) is -0.0106. The normalized spacial score (nSPS) is 11.8. The minimum Gasteiger partial charge on any atom is -0.481 e. The molecule has 1 aromatic carbocycles. The van der Waals surface area contributed by atoms with Crippen molar-refractivity contribution in [3.05, 3.63) is 39.9 Å². The van der Waals surface area contributed by atoms with E-state index in [1.54, 1.807) is 0 Å². The first-order valence-electron chi connectivity index (χ1n) is 5.34. The Morgan fingerprint density at radius 1 is 1.26 bits per heavy atom. The Kier molecular flexibility index (Phi) is 4.95. The van der Waals surface area contributed by atoms with E-state index in [-0.39, 0.29) is 18.7 Å². The van der Waals surface area contributed by atoms with Crippen molar-refractivity contribution in [3.63, 3.8) is 0 Å². The number of nitrogens with zero attached hydrogens (tertiary/aromatic N) is 1. The molecule has 102 valence electrons. The van der Waals surface area contributed by atoms with Crippen molar-refractivity contribution in [1.82, 2.24) is 5.32 Å². The molecule has 0 bridgehead atoms. The monoisotopic (exact) mass is 268 g/mol. The van der Waals surface area contributed by atoms with E-state index in [0.717, 1.165) is 0 Å². The minimum absolute atomic E-state index is 0.0106. The van der Waals surface area contributed by atoms with Gasteiger partial charge in [0.1, 0.15) is 6.04 Å². The molecule has 1 unspecified atom stereocenters. The van der Waals surface area contributed by atoms with Gasteiger partial charge in [-0.2, -0.15) is 0 Å². The first-order chi connectivity index (χ1) is 8.91. The van der Waals surface area contributed by atoms with Gasteiger partial charge in [-0.1, -0.05) is 12.1 Å². The topological polar surface area (TPSA) is 130 Å². The van der Waals surface area contributed by atoms with Crippen LogP contribution in [0, 0.1) is 10.1 Å². The molecule has 0 aliphatic rings. The number of nitrogens with one attached hydrogen (secondary N) is 1. The van der Waals surface area contributed by atoms with Crippen LogP contribution in [-0.2, 0) is 9.59 Å². The summed E-state index contributed by atoms with van der Waals surface area (Å²) < 4.78 is 0. The van der Waals surface area contributed by atoms with E-state index >= 15 is 0 Å². The second kappa shape index (κ2) is 6.45. The van der Waals surface area contributed by atoms with Crippen molar-refractivity contribution in [2.24, 2.45) is 0 Å². The second-order valence-electron chi connectivity index (χ2n) is 3.72. The van der Waals surface area contributed by atoms with Gasteiger partial charge in [-0.3, -0.25) is 19.7 Å². The van der Waals surface area contributed by atoms with E-state index in [4.69, 9.17) is 10.2 Å². The van der Waals surface area contributed by atoms with Crippen LogP contribution in [0.3, 0.4) is 0 Å². The van der Waals surface area contributed by atoms with Gasteiger partial charge in [0.05, 0.1) is 11.3 Å². The van der Waals surface area contributed by atoms with Crippen LogP contribution in [0.15, 0.2) is 24.3 Å². The zero-order chi connectivity index (χ0) is 14.4. The molecule has 1 aromatic rings. The first kappa shape index (κ1) is 14.6. The van der Waals surface area contributed by atoms with Crippen LogP contribution < -0.4 is 5.32 Å². The third kappa shape index (κ3) is 4.36. The Hall–Kier alpha value is -2.48. The zero-order valence-electron chi connectivity index (χ0n) is 9.78. The maximum Gasteiger partial charge on any atom is 0.325 e. The standard InChI is InChI=1S/C11H12N2O6/c14-9(15)5-6-12-10(11(16)17)7-1-3-8(4-2-7)13(18)19/h1-4,10,12H,5-6H2,(H,14,15)(H,16,17). The number of carbonyl (C=O) groups is 2. The van der Waals surface area contributed by atoms with Gasteiger partial charge in [0.15, 0.2) is 0 Å². The van der Waals surface area contributed by atoms with Crippen LogP contribution in [-0.4, -0.2) is 33.6 Å². The van der Waals surface area contributed by atoms with E-state index in [9.17, 15) is 19.7 Å². The third-order valence-corrected chi connectivity index (χ3v) is 2.37. The number of hydrogen-bond donors (Lipinski definition) is 3. The van der Waals surface area contributed by atoms with Crippen molar-refractivity contribution < 1.29 is 24.7 Å². The van der Waals surface area contributed by atoms with Crippen molar-refractivity contribution in [2.45, 2.75) is 12.5 Å². The van der Waals surface area contributed by atoms with Gasteiger partial charge in [-0.05, 0) is 5.56 Å². The van der Waals surface area contributed by atoms with E-state index in [1.165, 1.54) is 24.3 Å². The Labute approximate surface area is 107 Å². The molecule has 1 atom stereocenters. The summed E-state index contributed by atoms with van der Waals surface area (Å²) in [5, 5.41) is 30.5. The molecule has 19 heavy (non-hydrogen) atoms. The number of hydrogen-bond acceptors (Lipinski definition) is 5. The smallest absolute Gasteiger partial charge is 0.325 e. The van der Waals surface area contributed by atoms with Crippen LogP contribution in [0.4, 0.5) is 5.69 Å². The van der Waals surface area contributed by atoms with Crippen molar-refractivity contribution in [1.29, 1.82) is 0 Å². The summed E-state index contributed by atoms with van der Waals surface area (Å²) >= 11 is 0. The molecule has 3 N–H and O–H groups in total. The lowest BCUT2D eigenvalue weighted by Crippen LogP contribution is -2.30. The fourth-order valence-electron chi connectivity index (χ4n) is 1.46. The largest absolute Gasteiger partial charge is 0.481 e. The van der Waals surface area contributed by atoms with Crippen LogP contribution in [0.25, 0.3) is 0 Å². The van der Waals surface area contributed by atoms with Gasteiger partial charge in [0.2, 0.25) is 0 Å². The van der Waals surface area contributed by atoms with Crippen LogP contribution in [0.5, 0.6) is 0 Å². The lowest BCUT2D eigenvalue weighted by molar-refractivity contribution is -0.384. The summed E-state index contributed by atoms with van der Waals surface area (Å²) in [6.07, 6.45) is -0.212. The number of carboxylic acid groups (broad SMARTS) is 2. The number of aliphatic carboxylic acids is 2. The molecule has 0 radical (unpaired) electrons. The highest BCUT2D eigenvalue weighted by atomic mass is 16.6. The van der Waals surface area contributed by atoms with Gasteiger partial charge in [0.25, 0.3) is 5.69 Å². The fraction of sp³-hybridized carbons (Fsp3) is 0.273. The molecule has 0 fully saturated rings. The maximum absolute atomic E-state index is 11.1. The number of nitro groups is 1. The predicted molar refractivity (Wildman–Crippen MR) is 63.7 cm³/mol. The fourth-order valence-corrected chi connectivity index (χ4v) is 1.46. The van der Waals surface area contributed by atoms with Gasteiger partial charge >= 0.3 is 11.9 Å². The number of carboxylic acids is 2. The molecule has 0 aliphatic carbocycles. The van der Waals surface area contributed by atoms with Crippen molar-refractivity contribution in [3.8, 4) is 0 Å². The predicted octanol–water partition coefficient (Wildman–Crippen LogP) is 0.785. The molecule has 0 spiro atoms. The Balaban J connectivity index is 2.78. The summed E-state index contributed by atoms with van der Waals surface area (Å²) in [6, 6.07) is 3.95. The third-order valence-electron chi connectivity index (χ3n) is 2.37. The quantitative estimate of drug-likeness (QED) is 0.492. The van der Waals surface area contributed by atoms with Gasteiger partial charge in [0, 0.05) is 18.7 Å². The second-order valence-corrected chi connectivity index (χ2v) is 3.72. The van der Waals surface area contributed by atoms with Gasteiger partial charge < -0.3 is 15.5 Å². The highest BCUT2D eigenvalue weighted by molar-refractivity contribution is 5.75. The molecule has 8 nitrogen and oxygen atoms in total. The number of non-ortho nitro benzene ring substituents is 1. The summed E-state index contributed by atoms with van der Waals surface area (Å²) in [4.78, 5) is 31.3. The molecule has 0 amide bonds. The zero-order valence-corrected chi connectivity index (χ0v) is 9.78. The van der Waals surface area contributed by atoms with Gasteiger partial charge in [-0.15, -0.1) is 0 Å². The average Bonchev–Trinajstić information content (AvgIpc) is 2.34. The van der Waals surface area contributed by atoms with Crippen molar-refractivity contribution in [2.75, 3.05) is 6.54 Å². The summed E-state index contributed by atoms with van der Waals surface area (Å²) in [5.74, 6) is -2.22. The number of rotatable bonds is 7.